The van der Waals surface area contributed by atoms with E-state index in [0.717, 1.165) is 25.7 Å². The second kappa shape index (κ2) is 10.5. The molecular formula is C30H46O8. The lowest BCUT2D eigenvalue weighted by atomic mass is 9.60. The zero-order valence-electron chi connectivity index (χ0n) is 23.9. The van der Waals surface area contributed by atoms with E-state index in [0.29, 0.717) is 17.6 Å². The largest absolute Gasteiger partial charge is 0.481 e. The van der Waals surface area contributed by atoms with Gasteiger partial charge >= 0.3 is 11.9 Å². The number of hydrogen-bond acceptors (Lipinski definition) is 7. The van der Waals surface area contributed by atoms with Crippen molar-refractivity contribution in [2.45, 2.75) is 104 Å². The van der Waals surface area contributed by atoms with Gasteiger partial charge in [0, 0.05) is 36.5 Å². The maximum absolute atomic E-state index is 12.8. The molecule has 2 fully saturated rings. The smallest absolute Gasteiger partial charge is 0.306 e. The molecular weight excluding hydrogens is 488 g/mol. The Kier molecular flexibility index (Phi) is 8.44. The number of aliphatic carboxylic acids is 1. The number of Topliss-reactive ketones (excluding diaryl/α,β-unsaturated/α-hetero) is 1. The van der Waals surface area contributed by atoms with Crippen molar-refractivity contribution in [3.05, 3.63) is 23.3 Å². The summed E-state index contributed by atoms with van der Waals surface area (Å²) < 4.78 is 5.83. The summed E-state index contributed by atoms with van der Waals surface area (Å²) in [6.07, 6.45) is 7.59. The lowest BCUT2D eigenvalue weighted by Gasteiger charge is -2.50. The Morgan fingerprint density at radius 2 is 1.71 bits per heavy atom. The topological polar surface area (TPSA) is 141 Å². The maximum atomic E-state index is 12.8. The van der Waals surface area contributed by atoms with E-state index in [1.165, 1.54) is 6.92 Å². The van der Waals surface area contributed by atoms with Crippen LogP contribution in [0.2, 0.25) is 0 Å². The molecule has 0 aromatic heterocycles. The van der Waals surface area contributed by atoms with Crippen LogP contribution < -0.4 is 0 Å². The van der Waals surface area contributed by atoms with Crippen LogP contribution in [0.1, 0.15) is 87.0 Å². The van der Waals surface area contributed by atoms with Crippen molar-refractivity contribution in [1.29, 1.82) is 0 Å². The Labute approximate surface area is 226 Å². The van der Waals surface area contributed by atoms with Crippen molar-refractivity contribution >= 4 is 17.7 Å². The molecule has 0 radical (unpaired) electrons. The number of ether oxygens (including phenoxy) is 1. The first-order valence-corrected chi connectivity index (χ1v) is 14.0. The molecule has 0 amide bonds. The van der Waals surface area contributed by atoms with Crippen LogP contribution in [0.25, 0.3) is 0 Å². The Bertz CT molecular complexity index is 1020. The molecule has 214 valence electrons. The highest BCUT2D eigenvalue weighted by atomic mass is 16.6. The van der Waals surface area contributed by atoms with Gasteiger partial charge in [-0.2, -0.15) is 0 Å². The fraction of sp³-hybridized carbons (Fsp3) is 0.767. The van der Waals surface area contributed by atoms with Gasteiger partial charge in [0.25, 0.3) is 0 Å². The standard InChI is InChI=1S/C22H30O6.C8H16O2/c1-11-6-16-20(26,18(11)25)9-14(10-23)7-15-17-19(4,5)21(17,28-13(3)24)8-12(2)22(15,16)27;1-3-5-7(6-4-2)8(9)10/h6-7,12,15-17,23,26-27H,8-10H2,1-5H3;7H,3-6H2,1-2H3,(H,9,10)/t12-,15+,16-,17-,20-,21+,22-;/m1./s1. The van der Waals surface area contributed by atoms with Gasteiger partial charge in [-0.15, -0.1) is 0 Å². The second-order valence-corrected chi connectivity index (χ2v) is 12.6. The monoisotopic (exact) mass is 534 g/mol. The van der Waals surface area contributed by atoms with E-state index >= 15 is 0 Å². The number of ketones is 1. The van der Waals surface area contributed by atoms with Crippen molar-refractivity contribution in [3.63, 3.8) is 0 Å². The van der Waals surface area contributed by atoms with Crippen LogP contribution in [-0.4, -0.2) is 61.6 Å². The molecule has 0 aromatic rings. The Balaban J connectivity index is 0.000000342. The van der Waals surface area contributed by atoms with E-state index in [4.69, 9.17) is 9.84 Å². The first kappa shape index (κ1) is 30.5. The van der Waals surface area contributed by atoms with Gasteiger partial charge in [-0.1, -0.05) is 59.6 Å². The lowest BCUT2D eigenvalue weighted by Crippen LogP contribution is -2.61. The molecule has 4 N–H and O–H groups in total. The minimum absolute atomic E-state index is 0.0000834. The summed E-state index contributed by atoms with van der Waals surface area (Å²) in [6, 6.07) is 0. The summed E-state index contributed by atoms with van der Waals surface area (Å²) >= 11 is 0. The number of hydrogen-bond donors (Lipinski definition) is 4. The normalized spacial score (nSPS) is 38.4. The van der Waals surface area contributed by atoms with E-state index in [1.807, 2.05) is 40.7 Å². The third kappa shape index (κ3) is 4.56. The van der Waals surface area contributed by atoms with Crippen LogP contribution in [0.4, 0.5) is 0 Å². The third-order valence-electron chi connectivity index (χ3n) is 9.82. The summed E-state index contributed by atoms with van der Waals surface area (Å²) in [7, 11) is 0. The predicted molar refractivity (Wildman–Crippen MR) is 142 cm³/mol. The Morgan fingerprint density at radius 3 is 2.18 bits per heavy atom. The third-order valence-corrected chi connectivity index (χ3v) is 9.82. The molecule has 0 aliphatic heterocycles. The van der Waals surface area contributed by atoms with Crippen molar-refractivity contribution in [3.8, 4) is 0 Å². The van der Waals surface area contributed by atoms with Crippen LogP contribution in [0, 0.1) is 35.0 Å². The molecule has 4 aliphatic carbocycles. The highest BCUT2D eigenvalue weighted by molar-refractivity contribution is 6.04. The van der Waals surface area contributed by atoms with Crippen molar-refractivity contribution in [2.24, 2.45) is 35.0 Å². The number of fused-ring (bicyclic) bond motifs is 5. The SMILES string of the molecule is CC(=O)O[C@@]12C[C@@H](C)[C@@]3(O)[C@@H](C=C(CO)C[C@]4(O)C(=O)C(C)=C[C@@H]34)[C@@H]1C2(C)C.CCCC(CCC)C(=O)O. The molecule has 7 atom stereocenters. The molecule has 0 aromatic carbocycles. The number of carbonyl (C=O) groups excluding carboxylic acids is 2. The molecule has 8 nitrogen and oxygen atoms in total. The molecule has 38 heavy (non-hydrogen) atoms. The van der Waals surface area contributed by atoms with Crippen LogP contribution in [0.3, 0.4) is 0 Å². The van der Waals surface area contributed by atoms with E-state index in [2.05, 4.69) is 0 Å². The predicted octanol–water partition coefficient (Wildman–Crippen LogP) is 3.82. The van der Waals surface area contributed by atoms with Crippen molar-refractivity contribution < 1.29 is 39.5 Å². The molecule has 0 bridgehead atoms. The van der Waals surface area contributed by atoms with Gasteiger partial charge in [0.05, 0.1) is 18.1 Å². The van der Waals surface area contributed by atoms with E-state index in [1.54, 1.807) is 13.0 Å². The highest BCUT2D eigenvalue weighted by Crippen LogP contribution is 2.76. The number of carboxylic acid groups (broad SMARTS) is 1. The van der Waals surface area contributed by atoms with Crippen molar-refractivity contribution in [2.75, 3.05) is 6.61 Å². The number of rotatable bonds is 7. The fourth-order valence-corrected chi connectivity index (χ4v) is 7.94. The molecule has 0 saturated heterocycles. The molecule has 2 saturated carbocycles. The minimum atomic E-state index is -1.75. The van der Waals surface area contributed by atoms with Crippen LogP contribution >= 0.6 is 0 Å². The molecule has 0 spiro atoms. The lowest BCUT2D eigenvalue weighted by molar-refractivity contribution is -0.186. The first-order chi connectivity index (χ1) is 17.6. The summed E-state index contributed by atoms with van der Waals surface area (Å²) in [6.45, 7) is 12.8. The van der Waals surface area contributed by atoms with Crippen molar-refractivity contribution in [1.82, 2.24) is 0 Å². The summed E-state index contributed by atoms with van der Waals surface area (Å²) in [5, 5.41) is 42.0. The van der Waals surface area contributed by atoms with Gasteiger partial charge < -0.3 is 25.2 Å². The molecule has 4 rings (SSSR count). The molecule has 4 aliphatic rings. The molecule has 8 heteroatoms. The summed E-state index contributed by atoms with van der Waals surface area (Å²) in [4.78, 5) is 35.2. The summed E-state index contributed by atoms with van der Waals surface area (Å²) in [5.41, 5.74) is -3.19. The van der Waals surface area contributed by atoms with Crippen LogP contribution in [-0.2, 0) is 19.1 Å². The average Bonchev–Trinajstić information content (AvgIpc) is 3.22. The quantitative estimate of drug-likeness (QED) is 0.285. The van der Waals surface area contributed by atoms with E-state index in [9.17, 15) is 29.7 Å². The maximum Gasteiger partial charge on any atom is 0.306 e. The zero-order chi connectivity index (χ0) is 28.8. The minimum Gasteiger partial charge on any atom is -0.481 e. The van der Waals surface area contributed by atoms with Gasteiger partial charge in [0.15, 0.2) is 5.78 Å². The van der Waals surface area contributed by atoms with Gasteiger partial charge in [0.2, 0.25) is 0 Å². The summed E-state index contributed by atoms with van der Waals surface area (Å²) in [5.74, 6) is -3.16. The van der Waals surface area contributed by atoms with Crippen LogP contribution in [0.15, 0.2) is 23.3 Å². The number of aliphatic hydroxyl groups is 3. The van der Waals surface area contributed by atoms with Gasteiger partial charge in [-0.05, 0) is 43.3 Å². The van der Waals surface area contributed by atoms with Gasteiger partial charge in [0.1, 0.15) is 11.2 Å². The first-order valence-electron chi connectivity index (χ1n) is 14.0. The van der Waals surface area contributed by atoms with E-state index in [-0.39, 0.29) is 47.9 Å². The fourth-order valence-electron chi connectivity index (χ4n) is 7.94. The Morgan fingerprint density at radius 1 is 1.13 bits per heavy atom. The number of carboxylic acids is 1. The van der Waals surface area contributed by atoms with Crippen LogP contribution in [0.5, 0.6) is 0 Å². The van der Waals surface area contributed by atoms with Gasteiger partial charge in [-0.25, -0.2) is 0 Å². The van der Waals surface area contributed by atoms with E-state index < -0.39 is 34.6 Å². The average molecular weight is 535 g/mol. The number of esters is 1. The van der Waals surface area contributed by atoms with Gasteiger partial charge in [-0.3, -0.25) is 14.4 Å². The second-order valence-electron chi connectivity index (χ2n) is 12.6. The zero-order valence-corrected chi connectivity index (χ0v) is 23.9. The molecule has 0 unspecified atom stereocenters. The molecule has 0 heterocycles. The number of carbonyl (C=O) groups is 3. The highest BCUT2D eigenvalue weighted by Gasteiger charge is 2.83. The Hall–Kier alpha value is -2.03. The number of aliphatic hydroxyl groups excluding tert-OH is 1.